The van der Waals surface area contributed by atoms with Crippen molar-refractivity contribution in [3.63, 3.8) is 0 Å². The minimum Gasteiger partial charge on any atom is -0.483 e. The molecular weight excluding hydrogens is 483 g/mol. The lowest BCUT2D eigenvalue weighted by Gasteiger charge is -2.31. The second-order valence-electron chi connectivity index (χ2n) is 9.01. The predicted molar refractivity (Wildman–Crippen MR) is 141 cm³/mol. The number of hydrogen-bond acceptors (Lipinski definition) is 3. The van der Waals surface area contributed by atoms with Crippen LogP contribution in [0.2, 0.25) is 10.0 Å². The Hall–Kier alpha value is -2.76. The fourth-order valence-electron chi connectivity index (χ4n) is 4.55. The number of fused-ring (bicyclic) bond motifs is 1. The number of carbonyl (C=O) groups excluding carboxylic acids is 2. The molecule has 1 aliphatic rings. The van der Waals surface area contributed by atoms with E-state index in [1.54, 1.807) is 25.1 Å². The first-order valence-electron chi connectivity index (χ1n) is 12.1. The van der Waals surface area contributed by atoms with E-state index in [0.29, 0.717) is 21.4 Å². The van der Waals surface area contributed by atoms with E-state index in [4.69, 9.17) is 27.9 Å². The molecule has 0 spiro atoms. The van der Waals surface area contributed by atoms with Gasteiger partial charge < -0.3 is 15.0 Å². The summed E-state index contributed by atoms with van der Waals surface area (Å²) in [6.45, 7) is 1.63. The van der Waals surface area contributed by atoms with Gasteiger partial charge in [-0.05, 0) is 43.4 Å². The zero-order valence-corrected chi connectivity index (χ0v) is 21.3. The van der Waals surface area contributed by atoms with Gasteiger partial charge in [-0.15, -0.1) is 0 Å². The van der Waals surface area contributed by atoms with E-state index in [1.165, 1.54) is 11.3 Å². The summed E-state index contributed by atoms with van der Waals surface area (Å²) in [7, 11) is 0. The number of rotatable bonds is 8. The van der Waals surface area contributed by atoms with Crippen LogP contribution in [0.25, 0.3) is 10.8 Å². The van der Waals surface area contributed by atoms with Crippen molar-refractivity contribution < 1.29 is 14.3 Å². The predicted octanol–water partition coefficient (Wildman–Crippen LogP) is 6.39. The van der Waals surface area contributed by atoms with Crippen LogP contribution in [0.3, 0.4) is 0 Å². The number of halogens is 2. The second-order valence-corrected chi connectivity index (χ2v) is 9.82. The standard InChI is InChI=1S/C28H30Cl2N2O3/c1-19(28(34)31-21-11-3-2-4-12-21)32(17-23-24(29)14-8-15-25(23)30)27(33)18-35-26-16-7-10-20-9-5-6-13-22(20)26/h5-10,13-16,19,21H,2-4,11-12,17-18H2,1H3,(H,31,34)/t19-/m1/s1. The maximum Gasteiger partial charge on any atom is 0.261 e. The highest BCUT2D eigenvalue weighted by Gasteiger charge is 2.29. The van der Waals surface area contributed by atoms with Gasteiger partial charge in [-0.25, -0.2) is 0 Å². The molecule has 1 atom stereocenters. The van der Waals surface area contributed by atoms with Crippen LogP contribution in [0.1, 0.15) is 44.6 Å². The summed E-state index contributed by atoms with van der Waals surface area (Å²) in [5.74, 6) is 0.116. The molecule has 1 fully saturated rings. The molecule has 1 aliphatic carbocycles. The fraction of sp³-hybridized carbons (Fsp3) is 0.357. The Morgan fingerprint density at radius 1 is 0.971 bits per heavy atom. The molecule has 35 heavy (non-hydrogen) atoms. The van der Waals surface area contributed by atoms with Crippen LogP contribution >= 0.6 is 23.2 Å². The summed E-state index contributed by atoms with van der Waals surface area (Å²) in [5, 5.41) is 5.97. The monoisotopic (exact) mass is 512 g/mol. The van der Waals surface area contributed by atoms with Crippen LogP contribution in [0, 0.1) is 0 Å². The van der Waals surface area contributed by atoms with Crippen molar-refractivity contribution in [2.45, 2.75) is 57.7 Å². The van der Waals surface area contributed by atoms with Gasteiger partial charge in [0.25, 0.3) is 5.91 Å². The number of benzene rings is 3. The van der Waals surface area contributed by atoms with Gasteiger partial charge in [-0.1, -0.05) is 84.9 Å². The molecule has 0 aromatic heterocycles. The minimum atomic E-state index is -0.715. The molecule has 0 bridgehead atoms. The lowest BCUT2D eigenvalue weighted by Crippen LogP contribution is -2.51. The fourth-order valence-corrected chi connectivity index (χ4v) is 5.07. The number of amides is 2. The Morgan fingerprint density at radius 3 is 2.37 bits per heavy atom. The number of nitrogens with zero attached hydrogens (tertiary/aromatic N) is 1. The van der Waals surface area contributed by atoms with E-state index < -0.39 is 6.04 Å². The van der Waals surface area contributed by atoms with Crippen LogP contribution < -0.4 is 10.1 Å². The molecule has 0 saturated heterocycles. The first-order valence-corrected chi connectivity index (χ1v) is 12.8. The molecule has 3 aromatic carbocycles. The van der Waals surface area contributed by atoms with Crippen molar-refractivity contribution in [3.05, 3.63) is 76.3 Å². The van der Waals surface area contributed by atoms with Crippen molar-refractivity contribution in [1.29, 1.82) is 0 Å². The van der Waals surface area contributed by atoms with Crippen LogP contribution in [0.4, 0.5) is 0 Å². The number of ether oxygens (including phenoxy) is 1. The zero-order chi connectivity index (χ0) is 24.8. The maximum atomic E-state index is 13.5. The smallest absolute Gasteiger partial charge is 0.261 e. The van der Waals surface area contributed by atoms with E-state index in [0.717, 1.165) is 36.5 Å². The van der Waals surface area contributed by atoms with Gasteiger partial charge in [-0.2, -0.15) is 0 Å². The van der Waals surface area contributed by atoms with Crippen molar-refractivity contribution in [3.8, 4) is 5.75 Å². The first kappa shape index (κ1) is 25.3. The molecule has 4 rings (SSSR count). The number of nitrogens with one attached hydrogen (secondary N) is 1. The van der Waals surface area contributed by atoms with E-state index >= 15 is 0 Å². The third-order valence-corrected chi connectivity index (χ3v) is 7.32. The van der Waals surface area contributed by atoms with Gasteiger partial charge in [0.15, 0.2) is 6.61 Å². The largest absolute Gasteiger partial charge is 0.483 e. The normalized spacial score (nSPS) is 14.9. The number of carbonyl (C=O) groups is 2. The van der Waals surface area contributed by atoms with Crippen LogP contribution in [-0.4, -0.2) is 35.4 Å². The molecular formula is C28H30Cl2N2O3. The van der Waals surface area contributed by atoms with Crippen LogP contribution in [0.15, 0.2) is 60.7 Å². The maximum absolute atomic E-state index is 13.5. The van der Waals surface area contributed by atoms with Gasteiger partial charge in [0.1, 0.15) is 11.8 Å². The topological polar surface area (TPSA) is 58.6 Å². The van der Waals surface area contributed by atoms with Gasteiger partial charge in [0.05, 0.1) is 0 Å². The molecule has 0 aliphatic heterocycles. The highest BCUT2D eigenvalue weighted by molar-refractivity contribution is 6.36. The molecule has 0 heterocycles. The average molecular weight is 513 g/mol. The van der Waals surface area contributed by atoms with Crippen molar-refractivity contribution >= 4 is 45.8 Å². The first-order chi connectivity index (χ1) is 16.9. The van der Waals surface area contributed by atoms with Crippen molar-refractivity contribution in [2.24, 2.45) is 0 Å². The molecule has 1 N–H and O–H groups in total. The Labute approximate surface area is 216 Å². The van der Waals surface area contributed by atoms with Crippen molar-refractivity contribution in [2.75, 3.05) is 6.61 Å². The molecule has 3 aromatic rings. The summed E-state index contributed by atoms with van der Waals surface area (Å²) in [6, 6.07) is 18.2. The van der Waals surface area contributed by atoms with Gasteiger partial charge in [0.2, 0.25) is 5.91 Å². The Kier molecular flexibility index (Phi) is 8.53. The highest BCUT2D eigenvalue weighted by Crippen LogP contribution is 2.28. The van der Waals surface area contributed by atoms with E-state index in [1.807, 2.05) is 42.5 Å². The summed E-state index contributed by atoms with van der Waals surface area (Å²) in [5.41, 5.74) is 0.603. The highest BCUT2D eigenvalue weighted by atomic mass is 35.5. The van der Waals surface area contributed by atoms with Crippen molar-refractivity contribution in [1.82, 2.24) is 10.2 Å². The van der Waals surface area contributed by atoms with E-state index in [-0.39, 0.29) is 31.0 Å². The zero-order valence-electron chi connectivity index (χ0n) is 19.8. The molecule has 5 nitrogen and oxygen atoms in total. The molecule has 2 amide bonds. The summed E-state index contributed by atoms with van der Waals surface area (Å²) < 4.78 is 5.95. The van der Waals surface area contributed by atoms with Crippen LogP contribution in [-0.2, 0) is 16.1 Å². The Balaban J connectivity index is 1.53. The van der Waals surface area contributed by atoms with Gasteiger partial charge in [-0.3, -0.25) is 9.59 Å². The summed E-state index contributed by atoms with van der Waals surface area (Å²) in [6.07, 6.45) is 5.34. The van der Waals surface area contributed by atoms with E-state index in [9.17, 15) is 9.59 Å². The molecule has 184 valence electrons. The molecule has 0 unspecified atom stereocenters. The Bertz CT molecular complexity index is 1170. The molecule has 7 heteroatoms. The summed E-state index contributed by atoms with van der Waals surface area (Å²) >= 11 is 12.8. The lowest BCUT2D eigenvalue weighted by atomic mass is 9.95. The second kappa shape index (κ2) is 11.8. The lowest BCUT2D eigenvalue weighted by molar-refractivity contribution is -0.142. The molecule has 0 radical (unpaired) electrons. The average Bonchev–Trinajstić information content (AvgIpc) is 2.87. The SMILES string of the molecule is C[C@H](C(=O)NC1CCCCC1)N(Cc1c(Cl)cccc1Cl)C(=O)COc1cccc2ccccc12. The van der Waals surface area contributed by atoms with E-state index in [2.05, 4.69) is 5.32 Å². The summed E-state index contributed by atoms with van der Waals surface area (Å²) in [4.78, 5) is 28.1. The van der Waals surface area contributed by atoms with Crippen LogP contribution in [0.5, 0.6) is 5.75 Å². The third-order valence-electron chi connectivity index (χ3n) is 6.61. The Morgan fingerprint density at radius 2 is 1.63 bits per heavy atom. The third kappa shape index (κ3) is 6.28. The van der Waals surface area contributed by atoms with Gasteiger partial charge in [0, 0.05) is 33.6 Å². The minimum absolute atomic E-state index is 0.107. The van der Waals surface area contributed by atoms with Gasteiger partial charge >= 0.3 is 0 Å². The quantitative estimate of drug-likeness (QED) is 0.380. The molecule has 1 saturated carbocycles. The number of hydrogen-bond donors (Lipinski definition) is 1.